The van der Waals surface area contributed by atoms with Gasteiger partial charge in [0.2, 0.25) is 0 Å². The summed E-state index contributed by atoms with van der Waals surface area (Å²) in [6, 6.07) is 6.01. The number of likely N-dealkylation sites (tertiary alicyclic amines) is 1. The number of rotatable bonds is 8. The number of ether oxygens (including phenoxy) is 2. The highest BCUT2D eigenvalue weighted by atomic mass is 16.5. The second-order valence-electron chi connectivity index (χ2n) is 5.23. The lowest BCUT2D eigenvalue weighted by Crippen LogP contribution is -2.24. The largest absolute Gasteiger partial charge is 0.493 e. The van der Waals surface area contributed by atoms with Gasteiger partial charge in [0.25, 0.3) is 0 Å². The quantitative estimate of drug-likeness (QED) is 0.740. The average molecular weight is 278 g/mol. The molecule has 0 spiro atoms. The van der Waals surface area contributed by atoms with Gasteiger partial charge in [-0.15, -0.1) is 0 Å². The highest BCUT2D eigenvalue weighted by Gasteiger charge is 2.11. The van der Waals surface area contributed by atoms with Crippen LogP contribution in [-0.4, -0.2) is 45.3 Å². The Morgan fingerprint density at radius 2 is 1.95 bits per heavy atom. The topological polar surface area (TPSA) is 33.7 Å². The molecule has 0 saturated carbocycles. The van der Waals surface area contributed by atoms with Crippen molar-refractivity contribution in [2.45, 2.75) is 25.8 Å². The van der Waals surface area contributed by atoms with Gasteiger partial charge in [-0.25, -0.2) is 0 Å². The van der Waals surface area contributed by atoms with Crippen molar-refractivity contribution in [3.05, 3.63) is 23.8 Å². The van der Waals surface area contributed by atoms with Crippen molar-refractivity contribution in [2.75, 3.05) is 40.4 Å². The van der Waals surface area contributed by atoms with Gasteiger partial charge in [-0.2, -0.15) is 0 Å². The molecule has 1 aliphatic rings. The lowest BCUT2D eigenvalue weighted by atomic mass is 10.2. The molecule has 0 atom stereocenters. The predicted molar refractivity (Wildman–Crippen MR) is 81.5 cm³/mol. The lowest BCUT2D eigenvalue weighted by molar-refractivity contribution is 0.330. The Bertz CT molecular complexity index is 403. The molecule has 4 heteroatoms. The molecule has 1 saturated heterocycles. The first-order chi connectivity index (χ1) is 9.85. The van der Waals surface area contributed by atoms with Gasteiger partial charge >= 0.3 is 0 Å². The third kappa shape index (κ3) is 4.12. The zero-order valence-corrected chi connectivity index (χ0v) is 12.7. The molecular weight excluding hydrogens is 252 g/mol. The summed E-state index contributed by atoms with van der Waals surface area (Å²) in [7, 11) is 3.36. The van der Waals surface area contributed by atoms with Crippen LogP contribution < -0.4 is 14.8 Å². The van der Waals surface area contributed by atoms with Crippen LogP contribution in [0.25, 0.3) is 0 Å². The normalized spacial score (nSPS) is 15.5. The second kappa shape index (κ2) is 8.12. The highest BCUT2D eigenvalue weighted by molar-refractivity contribution is 5.46. The molecule has 1 heterocycles. The first-order valence-corrected chi connectivity index (χ1v) is 7.48. The minimum absolute atomic E-state index is 0.795. The van der Waals surface area contributed by atoms with Gasteiger partial charge in [0.15, 0.2) is 11.5 Å². The number of hydrogen-bond donors (Lipinski definition) is 1. The maximum absolute atomic E-state index is 5.43. The number of benzene rings is 1. The fourth-order valence-electron chi connectivity index (χ4n) is 2.75. The molecule has 1 aromatic rings. The van der Waals surface area contributed by atoms with Crippen LogP contribution in [0.1, 0.15) is 24.8 Å². The van der Waals surface area contributed by atoms with E-state index in [0.29, 0.717) is 0 Å². The SMILES string of the molecule is COc1cccc(CNCCCN2CCCC2)c1OC. The van der Waals surface area contributed by atoms with Crippen LogP contribution in [0.4, 0.5) is 0 Å². The molecule has 0 radical (unpaired) electrons. The number of nitrogens with zero attached hydrogens (tertiary/aromatic N) is 1. The summed E-state index contributed by atoms with van der Waals surface area (Å²) in [4.78, 5) is 2.55. The van der Waals surface area contributed by atoms with Crippen molar-refractivity contribution >= 4 is 0 Å². The first-order valence-electron chi connectivity index (χ1n) is 7.48. The molecular formula is C16H26N2O2. The molecule has 1 N–H and O–H groups in total. The molecule has 4 nitrogen and oxygen atoms in total. The highest BCUT2D eigenvalue weighted by Crippen LogP contribution is 2.30. The van der Waals surface area contributed by atoms with E-state index in [1.54, 1.807) is 14.2 Å². The Morgan fingerprint density at radius 1 is 1.15 bits per heavy atom. The summed E-state index contributed by atoms with van der Waals surface area (Å²) >= 11 is 0. The van der Waals surface area contributed by atoms with E-state index in [9.17, 15) is 0 Å². The van der Waals surface area contributed by atoms with E-state index >= 15 is 0 Å². The monoisotopic (exact) mass is 278 g/mol. The van der Waals surface area contributed by atoms with Crippen LogP contribution in [0.15, 0.2) is 18.2 Å². The van der Waals surface area contributed by atoms with Crippen LogP contribution in [0, 0.1) is 0 Å². The number of hydrogen-bond acceptors (Lipinski definition) is 4. The summed E-state index contributed by atoms with van der Waals surface area (Å²) in [5.74, 6) is 1.63. The average Bonchev–Trinajstić information content (AvgIpc) is 2.99. The van der Waals surface area contributed by atoms with E-state index in [4.69, 9.17) is 9.47 Å². The van der Waals surface area contributed by atoms with Crippen molar-refractivity contribution < 1.29 is 9.47 Å². The van der Waals surface area contributed by atoms with Gasteiger partial charge < -0.3 is 19.7 Å². The minimum Gasteiger partial charge on any atom is -0.493 e. The van der Waals surface area contributed by atoms with E-state index in [-0.39, 0.29) is 0 Å². The van der Waals surface area contributed by atoms with E-state index < -0.39 is 0 Å². The number of methoxy groups -OCH3 is 2. The van der Waals surface area contributed by atoms with Crippen LogP contribution in [0.3, 0.4) is 0 Å². The maximum Gasteiger partial charge on any atom is 0.165 e. The van der Waals surface area contributed by atoms with Crippen LogP contribution in [0.5, 0.6) is 11.5 Å². The Balaban J connectivity index is 1.73. The van der Waals surface area contributed by atoms with E-state index in [1.165, 1.54) is 38.9 Å². The Kier molecular flexibility index (Phi) is 6.15. The zero-order chi connectivity index (χ0) is 14.2. The van der Waals surface area contributed by atoms with Crippen molar-refractivity contribution in [3.8, 4) is 11.5 Å². The third-order valence-electron chi connectivity index (χ3n) is 3.83. The molecule has 0 aliphatic carbocycles. The van der Waals surface area contributed by atoms with Gasteiger partial charge in [-0.05, 0) is 51.5 Å². The van der Waals surface area contributed by atoms with Gasteiger partial charge in [-0.3, -0.25) is 0 Å². The van der Waals surface area contributed by atoms with Crippen molar-refractivity contribution in [1.29, 1.82) is 0 Å². The zero-order valence-electron chi connectivity index (χ0n) is 12.7. The second-order valence-corrected chi connectivity index (χ2v) is 5.23. The molecule has 1 aliphatic heterocycles. The molecule has 0 bridgehead atoms. The smallest absolute Gasteiger partial charge is 0.165 e. The standard InChI is InChI=1S/C16H26N2O2/c1-19-15-8-5-7-14(16(15)20-2)13-17-9-6-12-18-10-3-4-11-18/h5,7-8,17H,3-4,6,9-13H2,1-2H3. The first kappa shape index (κ1) is 15.1. The number of nitrogens with one attached hydrogen (secondary N) is 1. The summed E-state index contributed by atoms with van der Waals surface area (Å²) in [5, 5.41) is 3.49. The summed E-state index contributed by atoms with van der Waals surface area (Å²) in [6.45, 7) is 5.63. The summed E-state index contributed by atoms with van der Waals surface area (Å²) < 4.78 is 10.7. The van der Waals surface area contributed by atoms with Crippen molar-refractivity contribution in [1.82, 2.24) is 10.2 Å². The molecule has 0 unspecified atom stereocenters. The molecule has 0 amide bonds. The third-order valence-corrected chi connectivity index (χ3v) is 3.83. The predicted octanol–water partition coefficient (Wildman–Crippen LogP) is 2.28. The minimum atomic E-state index is 0.795. The molecule has 112 valence electrons. The van der Waals surface area contributed by atoms with E-state index in [2.05, 4.69) is 16.3 Å². The molecule has 1 aromatic carbocycles. The molecule has 20 heavy (non-hydrogen) atoms. The van der Waals surface area contributed by atoms with Crippen LogP contribution in [0.2, 0.25) is 0 Å². The molecule has 1 fully saturated rings. The maximum atomic E-state index is 5.43. The van der Waals surface area contributed by atoms with Gasteiger partial charge in [-0.1, -0.05) is 12.1 Å². The molecule has 0 aromatic heterocycles. The van der Waals surface area contributed by atoms with E-state index in [0.717, 1.165) is 30.2 Å². The fourth-order valence-corrected chi connectivity index (χ4v) is 2.75. The van der Waals surface area contributed by atoms with Crippen molar-refractivity contribution in [2.24, 2.45) is 0 Å². The van der Waals surface area contributed by atoms with Gasteiger partial charge in [0, 0.05) is 12.1 Å². The molecule has 2 rings (SSSR count). The Morgan fingerprint density at radius 3 is 2.65 bits per heavy atom. The summed E-state index contributed by atoms with van der Waals surface area (Å²) in [6.07, 6.45) is 3.94. The number of para-hydroxylation sites is 1. The lowest BCUT2D eigenvalue weighted by Gasteiger charge is -2.15. The van der Waals surface area contributed by atoms with Crippen LogP contribution >= 0.6 is 0 Å². The Hall–Kier alpha value is -1.26. The van der Waals surface area contributed by atoms with E-state index in [1.807, 2.05) is 12.1 Å². The van der Waals surface area contributed by atoms with Crippen LogP contribution in [-0.2, 0) is 6.54 Å². The van der Waals surface area contributed by atoms with Gasteiger partial charge in [0.05, 0.1) is 14.2 Å². The van der Waals surface area contributed by atoms with Crippen molar-refractivity contribution in [3.63, 3.8) is 0 Å². The Labute approximate surface area is 122 Å². The van der Waals surface area contributed by atoms with Gasteiger partial charge in [0.1, 0.15) is 0 Å². The fraction of sp³-hybridized carbons (Fsp3) is 0.625. The summed E-state index contributed by atoms with van der Waals surface area (Å²) in [5.41, 5.74) is 1.15.